The molecule has 2 aromatic rings. The van der Waals surface area contributed by atoms with Crippen molar-refractivity contribution in [3.63, 3.8) is 0 Å². The summed E-state index contributed by atoms with van der Waals surface area (Å²) in [5.41, 5.74) is 2.07. The van der Waals surface area contributed by atoms with Crippen molar-refractivity contribution in [2.45, 2.75) is 13.5 Å². The van der Waals surface area contributed by atoms with Crippen molar-refractivity contribution in [1.29, 1.82) is 0 Å². The second-order valence-corrected chi connectivity index (χ2v) is 4.44. The van der Waals surface area contributed by atoms with Crippen LogP contribution in [-0.4, -0.2) is 22.2 Å². The molecule has 6 heteroatoms. The predicted octanol–water partition coefficient (Wildman–Crippen LogP) is 3.23. The molecule has 0 bridgehead atoms. The monoisotopic (exact) mass is 292 g/mol. The number of aryl methyl sites for hydroxylation is 2. The van der Waals surface area contributed by atoms with Crippen molar-refractivity contribution in [3.8, 4) is 5.75 Å². The third kappa shape index (κ3) is 3.98. The Morgan fingerprint density at radius 2 is 2.00 bits per heavy atom. The zero-order valence-corrected chi connectivity index (χ0v) is 11.6. The normalized spacial score (nSPS) is 11.3. The molecule has 0 aliphatic rings. The third-order valence-corrected chi connectivity index (χ3v) is 2.83. The quantitative estimate of drug-likeness (QED) is 0.628. The summed E-state index contributed by atoms with van der Waals surface area (Å²) in [5.74, 6) is -0.199. The number of benzene rings is 1. The van der Waals surface area contributed by atoms with Crippen molar-refractivity contribution in [3.05, 3.63) is 53.4 Å². The van der Waals surface area contributed by atoms with E-state index >= 15 is 0 Å². The van der Waals surface area contributed by atoms with Crippen molar-refractivity contribution in [2.75, 3.05) is 0 Å². The summed E-state index contributed by atoms with van der Waals surface area (Å²) in [4.78, 5) is 12.0. The summed E-state index contributed by atoms with van der Waals surface area (Å²) in [6.45, 7) is -1.03. The van der Waals surface area contributed by atoms with Gasteiger partial charge < -0.3 is 4.74 Å². The van der Waals surface area contributed by atoms with Crippen LogP contribution < -0.4 is 4.74 Å². The van der Waals surface area contributed by atoms with Crippen LogP contribution >= 0.6 is 0 Å². The Morgan fingerprint density at radius 1 is 1.33 bits per heavy atom. The van der Waals surface area contributed by atoms with Crippen LogP contribution in [0.5, 0.6) is 5.75 Å². The van der Waals surface area contributed by atoms with Crippen LogP contribution in [-0.2, 0) is 7.05 Å². The number of ether oxygens (including phenoxy) is 1. The van der Waals surface area contributed by atoms with Gasteiger partial charge >= 0.3 is 6.61 Å². The molecule has 0 N–H and O–H groups in total. The van der Waals surface area contributed by atoms with E-state index in [0.717, 1.165) is 11.3 Å². The SMILES string of the molecule is Cc1nn(C)cc1/C=C/C(=O)c1ccc(OC(F)F)cc1. The summed E-state index contributed by atoms with van der Waals surface area (Å²) >= 11 is 0. The molecule has 1 heterocycles. The summed E-state index contributed by atoms with van der Waals surface area (Å²) in [6, 6.07) is 5.56. The molecule has 0 aliphatic heterocycles. The van der Waals surface area contributed by atoms with Crippen LogP contribution in [0.3, 0.4) is 0 Å². The lowest BCUT2D eigenvalue weighted by Crippen LogP contribution is -2.02. The van der Waals surface area contributed by atoms with Gasteiger partial charge in [0.1, 0.15) is 5.75 Å². The second-order valence-electron chi connectivity index (χ2n) is 4.44. The van der Waals surface area contributed by atoms with Crippen LogP contribution in [0.25, 0.3) is 6.08 Å². The summed E-state index contributed by atoms with van der Waals surface area (Å²) in [7, 11) is 1.80. The zero-order chi connectivity index (χ0) is 15.4. The Balaban J connectivity index is 2.08. The van der Waals surface area contributed by atoms with Crippen LogP contribution in [0, 0.1) is 6.92 Å². The maximum Gasteiger partial charge on any atom is 0.387 e. The van der Waals surface area contributed by atoms with E-state index in [1.165, 1.54) is 30.3 Å². The standard InChI is InChI=1S/C15H14F2N2O2/c1-10-12(9-19(2)18-10)5-8-14(20)11-3-6-13(7-4-11)21-15(16)17/h3-9,15H,1-2H3/b8-5+. The summed E-state index contributed by atoms with van der Waals surface area (Å²) in [5, 5.41) is 4.17. The molecule has 2 rings (SSSR count). The molecular formula is C15H14F2N2O2. The second kappa shape index (κ2) is 6.30. The van der Waals surface area contributed by atoms with E-state index in [1.807, 2.05) is 6.92 Å². The van der Waals surface area contributed by atoms with E-state index in [2.05, 4.69) is 9.84 Å². The zero-order valence-electron chi connectivity index (χ0n) is 11.6. The highest BCUT2D eigenvalue weighted by Gasteiger charge is 2.06. The number of hydrogen-bond acceptors (Lipinski definition) is 3. The number of rotatable bonds is 5. The van der Waals surface area contributed by atoms with Gasteiger partial charge in [0, 0.05) is 24.4 Å². The minimum Gasteiger partial charge on any atom is -0.435 e. The average Bonchev–Trinajstić information content (AvgIpc) is 2.74. The molecule has 0 unspecified atom stereocenters. The van der Waals surface area contributed by atoms with Crippen molar-refractivity contribution in [1.82, 2.24) is 9.78 Å². The van der Waals surface area contributed by atoms with Crippen molar-refractivity contribution < 1.29 is 18.3 Å². The average molecular weight is 292 g/mol. The molecule has 110 valence electrons. The number of carbonyl (C=O) groups excluding carboxylic acids is 1. The number of ketones is 1. The first-order valence-electron chi connectivity index (χ1n) is 6.23. The lowest BCUT2D eigenvalue weighted by molar-refractivity contribution is -0.0498. The lowest BCUT2D eigenvalue weighted by Gasteiger charge is -2.04. The molecule has 1 aromatic heterocycles. The fourth-order valence-corrected chi connectivity index (χ4v) is 1.84. The van der Waals surface area contributed by atoms with E-state index < -0.39 is 6.61 Å². The first-order valence-corrected chi connectivity index (χ1v) is 6.23. The molecule has 0 aliphatic carbocycles. The minimum absolute atomic E-state index is 0.0219. The Morgan fingerprint density at radius 3 is 2.52 bits per heavy atom. The van der Waals surface area contributed by atoms with Gasteiger partial charge in [-0.2, -0.15) is 13.9 Å². The largest absolute Gasteiger partial charge is 0.435 e. The number of aromatic nitrogens is 2. The van der Waals surface area contributed by atoms with E-state index in [0.29, 0.717) is 5.56 Å². The molecule has 0 radical (unpaired) electrons. The van der Waals surface area contributed by atoms with E-state index in [1.54, 1.807) is 24.0 Å². The highest BCUT2D eigenvalue weighted by atomic mass is 19.3. The van der Waals surface area contributed by atoms with Crippen LogP contribution in [0.2, 0.25) is 0 Å². The molecule has 0 saturated carbocycles. The maximum absolute atomic E-state index is 12.0. The number of nitrogens with zero attached hydrogens (tertiary/aromatic N) is 2. The molecule has 0 fully saturated rings. The first-order chi connectivity index (χ1) is 9.95. The fraction of sp³-hybridized carbons (Fsp3) is 0.200. The Labute approximate surface area is 120 Å². The highest BCUT2D eigenvalue weighted by Crippen LogP contribution is 2.16. The Bertz CT molecular complexity index is 661. The topological polar surface area (TPSA) is 44.1 Å². The predicted molar refractivity (Wildman–Crippen MR) is 74.4 cm³/mol. The van der Waals surface area contributed by atoms with E-state index in [4.69, 9.17) is 0 Å². The Kier molecular flexibility index (Phi) is 4.47. The molecule has 0 atom stereocenters. The molecule has 0 amide bonds. The first kappa shape index (κ1) is 14.9. The van der Waals surface area contributed by atoms with Gasteiger partial charge in [0.15, 0.2) is 5.78 Å². The number of halogens is 2. The van der Waals surface area contributed by atoms with Crippen LogP contribution in [0.4, 0.5) is 8.78 Å². The van der Waals surface area contributed by atoms with Gasteiger partial charge in [-0.25, -0.2) is 0 Å². The lowest BCUT2D eigenvalue weighted by atomic mass is 10.1. The fourth-order valence-electron chi connectivity index (χ4n) is 1.84. The number of hydrogen-bond donors (Lipinski definition) is 0. The smallest absolute Gasteiger partial charge is 0.387 e. The van der Waals surface area contributed by atoms with Crippen LogP contribution in [0.15, 0.2) is 36.5 Å². The summed E-state index contributed by atoms with van der Waals surface area (Å²) in [6.07, 6.45) is 4.90. The van der Waals surface area contributed by atoms with Gasteiger partial charge in [-0.05, 0) is 43.3 Å². The van der Waals surface area contributed by atoms with Gasteiger partial charge in [0.2, 0.25) is 0 Å². The molecule has 0 saturated heterocycles. The number of alkyl halides is 2. The van der Waals surface area contributed by atoms with Crippen molar-refractivity contribution in [2.24, 2.45) is 7.05 Å². The number of carbonyl (C=O) groups is 1. The van der Waals surface area contributed by atoms with E-state index in [-0.39, 0.29) is 11.5 Å². The Hall–Kier alpha value is -2.50. The van der Waals surface area contributed by atoms with Gasteiger partial charge in [-0.3, -0.25) is 9.48 Å². The molecule has 1 aromatic carbocycles. The molecular weight excluding hydrogens is 278 g/mol. The third-order valence-electron chi connectivity index (χ3n) is 2.83. The van der Waals surface area contributed by atoms with Gasteiger partial charge in [0.05, 0.1) is 5.69 Å². The molecule has 0 spiro atoms. The van der Waals surface area contributed by atoms with Gasteiger partial charge in [-0.1, -0.05) is 0 Å². The molecule has 4 nitrogen and oxygen atoms in total. The van der Waals surface area contributed by atoms with Gasteiger partial charge in [-0.15, -0.1) is 0 Å². The van der Waals surface area contributed by atoms with Crippen molar-refractivity contribution >= 4 is 11.9 Å². The number of allylic oxidation sites excluding steroid dienone is 1. The summed E-state index contributed by atoms with van der Waals surface area (Å²) < 4.78 is 29.9. The maximum atomic E-state index is 12.0. The van der Waals surface area contributed by atoms with E-state index in [9.17, 15) is 13.6 Å². The minimum atomic E-state index is -2.87. The highest BCUT2D eigenvalue weighted by molar-refractivity contribution is 6.06. The van der Waals surface area contributed by atoms with Gasteiger partial charge in [0.25, 0.3) is 0 Å². The molecule has 21 heavy (non-hydrogen) atoms. The van der Waals surface area contributed by atoms with Crippen LogP contribution in [0.1, 0.15) is 21.6 Å².